The topological polar surface area (TPSA) is 109 Å². The lowest BCUT2D eigenvalue weighted by atomic mass is 9.33. The Morgan fingerprint density at radius 3 is 2.36 bits per heavy atom. The quantitative estimate of drug-likeness (QED) is 0.213. The van der Waals surface area contributed by atoms with E-state index in [1.54, 1.807) is 12.4 Å². The predicted molar refractivity (Wildman–Crippen MR) is 237 cm³/mol. The average Bonchev–Trinajstić information content (AvgIpc) is 3.58. The number of nitrogens with zero attached hydrogens (tertiary/aromatic N) is 2. The third kappa shape index (κ3) is 7.11. The number of hydrogen-bond acceptors (Lipinski definition) is 7. The molecular formula is C50H75N3O5S. The van der Waals surface area contributed by atoms with Crippen molar-refractivity contribution in [1.29, 1.82) is 0 Å². The number of pyridine rings is 1. The molecule has 8 rings (SSSR count). The van der Waals surface area contributed by atoms with E-state index in [2.05, 4.69) is 75.5 Å². The fourth-order valence-corrected chi connectivity index (χ4v) is 16.9. The summed E-state index contributed by atoms with van der Waals surface area (Å²) in [6, 6.07) is 3.66. The van der Waals surface area contributed by atoms with Crippen LogP contribution in [0, 0.1) is 56.7 Å². The van der Waals surface area contributed by atoms with Gasteiger partial charge >= 0.3 is 5.97 Å². The summed E-state index contributed by atoms with van der Waals surface area (Å²) < 4.78 is 30.4. The lowest BCUT2D eigenvalue weighted by Crippen LogP contribution is -2.68. The van der Waals surface area contributed by atoms with Crippen LogP contribution in [0.25, 0.3) is 0 Å². The van der Waals surface area contributed by atoms with Crippen LogP contribution >= 0.6 is 0 Å². The van der Waals surface area contributed by atoms with Crippen molar-refractivity contribution >= 4 is 15.8 Å². The summed E-state index contributed by atoms with van der Waals surface area (Å²) >= 11 is 0. The number of sulfone groups is 1. The van der Waals surface area contributed by atoms with Crippen molar-refractivity contribution in [3.05, 3.63) is 60.0 Å². The highest BCUT2D eigenvalue weighted by atomic mass is 32.2. The fraction of sp³-hybridized carbons (Fsp3) is 0.760. The van der Waals surface area contributed by atoms with Gasteiger partial charge in [0.05, 0.1) is 11.4 Å². The molecule has 1 saturated heterocycles. The second kappa shape index (κ2) is 15.4. The van der Waals surface area contributed by atoms with Crippen LogP contribution in [0.3, 0.4) is 0 Å². The standard InChI is InChI=1S/C50H75N3O5S/c1-34(2)38-15-24-50(52-28-31-53-29-18-37(19-30-53)59(8,56)57)26-25-47(6)40(43(38)50)11-12-42-46(5)20-16-39(45(3,4)41(46)17-21-48(42,47)7)35-13-22-49(23-14-35,44(54)55)33-58-36-10-9-27-51-32-36/h9-10,13,16,27,32,37-38,40-43,52H,1,11-12,14-15,17-26,28-31,33H2,2-8H3,(H,54,55)/t38-,40+,41-,42+,43+,46+,47+,48+,49-,50+/m0/s1. The zero-order chi connectivity index (χ0) is 42.2. The molecule has 9 heteroatoms. The maximum atomic E-state index is 12.7. The molecule has 0 radical (unpaired) electrons. The third-order valence-electron chi connectivity index (χ3n) is 19.3. The Kier molecular flexibility index (Phi) is 11.3. The highest BCUT2D eigenvalue weighted by molar-refractivity contribution is 7.91. The Balaban J connectivity index is 0.993. The maximum absolute atomic E-state index is 12.7. The largest absolute Gasteiger partial charge is 0.491 e. The van der Waals surface area contributed by atoms with Gasteiger partial charge in [-0.3, -0.25) is 9.78 Å². The molecule has 2 heterocycles. The number of allylic oxidation sites excluding steroid dienone is 5. The van der Waals surface area contributed by atoms with Gasteiger partial charge in [0.15, 0.2) is 0 Å². The van der Waals surface area contributed by atoms with Gasteiger partial charge in [-0.25, -0.2) is 8.42 Å². The Morgan fingerprint density at radius 1 is 0.949 bits per heavy atom. The van der Waals surface area contributed by atoms with Crippen molar-refractivity contribution in [3.8, 4) is 5.75 Å². The summed E-state index contributed by atoms with van der Waals surface area (Å²) in [5.74, 6) is 2.93. The molecule has 0 spiro atoms. The Bertz CT molecular complexity index is 1950. The number of carboxylic acids is 1. The van der Waals surface area contributed by atoms with Gasteiger partial charge in [-0.2, -0.15) is 0 Å². The van der Waals surface area contributed by atoms with Crippen molar-refractivity contribution < 1.29 is 23.1 Å². The minimum atomic E-state index is -2.96. The summed E-state index contributed by atoms with van der Waals surface area (Å²) in [7, 11) is -2.96. The molecule has 0 unspecified atom stereocenters. The molecule has 7 aliphatic rings. The average molecular weight is 830 g/mol. The molecule has 5 fully saturated rings. The minimum absolute atomic E-state index is 0.00948. The number of fused-ring (bicyclic) bond motifs is 7. The number of rotatable bonds is 11. The number of likely N-dealkylation sites (tertiary alicyclic amines) is 1. The van der Waals surface area contributed by atoms with Crippen LogP contribution < -0.4 is 10.1 Å². The van der Waals surface area contributed by atoms with Gasteiger partial charge in [0.1, 0.15) is 27.6 Å². The first-order valence-corrected chi connectivity index (χ1v) is 25.2. The summed E-state index contributed by atoms with van der Waals surface area (Å²) in [5.41, 5.74) is 4.19. The highest BCUT2D eigenvalue weighted by Gasteiger charge is 2.70. The van der Waals surface area contributed by atoms with Gasteiger partial charge in [-0.05, 0) is 184 Å². The van der Waals surface area contributed by atoms with Crippen LogP contribution in [0.1, 0.15) is 131 Å². The Hall–Kier alpha value is -2.49. The molecule has 1 aromatic heterocycles. The molecule has 10 atom stereocenters. The lowest BCUT2D eigenvalue weighted by molar-refractivity contribution is -0.221. The molecule has 59 heavy (non-hydrogen) atoms. The second-order valence-electron chi connectivity index (χ2n) is 22.2. The van der Waals surface area contributed by atoms with E-state index in [0.717, 1.165) is 51.9 Å². The van der Waals surface area contributed by atoms with E-state index >= 15 is 0 Å². The van der Waals surface area contributed by atoms with Crippen molar-refractivity contribution in [2.24, 2.45) is 56.7 Å². The smallest absolute Gasteiger partial charge is 0.313 e. The Labute approximate surface area is 356 Å². The zero-order valence-electron chi connectivity index (χ0n) is 37.5. The molecule has 326 valence electrons. The van der Waals surface area contributed by atoms with Crippen molar-refractivity contribution in [3.63, 3.8) is 0 Å². The van der Waals surface area contributed by atoms with Gasteiger partial charge in [0.25, 0.3) is 0 Å². The number of aliphatic carboxylic acids is 1. The number of hydrogen-bond donors (Lipinski definition) is 2. The molecule has 1 aliphatic heterocycles. The molecule has 0 bridgehead atoms. The summed E-state index contributed by atoms with van der Waals surface area (Å²) in [4.78, 5) is 19.4. The third-order valence-corrected chi connectivity index (χ3v) is 20.9. The summed E-state index contributed by atoms with van der Waals surface area (Å²) in [5, 5.41) is 14.5. The van der Waals surface area contributed by atoms with Gasteiger partial charge in [0.2, 0.25) is 0 Å². The van der Waals surface area contributed by atoms with Crippen LogP contribution in [-0.4, -0.2) is 79.2 Å². The van der Waals surface area contributed by atoms with Crippen molar-refractivity contribution in [2.75, 3.05) is 39.0 Å². The fourth-order valence-electron chi connectivity index (χ4n) is 15.8. The van der Waals surface area contributed by atoms with Crippen molar-refractivity contribution in [2.45, 2.75) is 142 Å². The number of aromatic nitrogens is 1. The van der Waals surface area contributed by atoms with E-state index in [1.165, 1.54) is 74.3 Å². The Morgan fingerprint density at radius 2 is 1.71 bits per heavy atom. The first-order valence-electron chi connectivity index (χ1n) is 23.3. The maximum Gasteiger partial charge on any atom is 0.313 e. The number of carbonyl (C=O) groups is 1. The van der Waals surface area contributed by atoms with E-state index < -0.39 is 21.2 Å². The van der Waals surface area contributed by atoms with E-state index in [1.807, 2.05) is 12.1 Å². The highest BCUT2D eigenvalue weighted by Crippen LogP contribution is 2.76. The number of carboxylic acid groups (broad SMARTS) is 1. The van der Waals surface area contributed by atoms with Gasteiger partial charge in [0, 0.05) is 31.1 Å². The van der Waals surface area contributed by atoms with Crippen LogP contribution in [0.15, 0.2) is 60.0 Å². The number of nitrogens with one attached hydrogen (secondary N) is 1. The van der Waals surface area contributed by atoms with Crippen LogP contribution in [-0.2, 0) is 14.6 Å². The molecule has 4 saturated carbocycles. The zero-order valence-corrected chi connectivity index (χ0v) is 38.3. The number of piperidine rings is 1. The second-order valence-corrected chi connectivity index (χ2v) is 24.5. The lowest BCUT2D eigenvalue weighted by Gasteiger charge is -2.72. The monoisotopic (exact) mass is 830 g/mol. The molecule has 0 aromatic carbocycles. The SMILES string of the molecule is C=C(C)[C@@H]1CC[C@@]2(NCCN3CCC(S(C)(=O)=O)CC3)CC[C@]3(C)[C@H](CC[C@@H]4[C@]5(C)CC=C(C6=CC[C@](COc7cccnc7)(C(=O)O)CC6)C(C)(C)[C@@H]5CC[C@]43C)[C@@H]12. The normalized spacial score (nSPS) is 41.0. The van der Waals surface area contributed by atoms with Crippen LogP contribution in [0.4, 0.5) is 0 Å². The van der Waals surface area contributed by atoms with Gasteiger partial charge in [-0.15, -0.1) is 0 Å². The van der Waals surface area contributed by atoms with Crippen molar-refractivity contribution in [1.82, 2.24) is 15.2 Å². The van der Waals surface area contributed by atoms with Gasteiger partial charge < -0.3 is 20.1 Å². The first kappa shape index (κ1) is 43.2. The minimum Gasteiger partial charge on any atom is -0.491 e. The molecule has 0 amide bonds. The molecule has 2 N–H and O–H groups in total. The molecular weight excluding hydrogens is 755 g/mol. The predicted octanol–water partition coefficient (Wildman–Crippen LogP) is 9.69. The van der Waals surface area contributed by atoms with Gasteiger partial charge in [-0.1, -0.05) is 58.9 Å². The summed E-state index contributed by atoms with van der Waals surface area (Å²) in [6.45, 7) is 23.9. The summed E-state index contributed by atoms with van der Waals surface area (Å²) in [6.07, 6.45) is 24.2. The molecule has 8 nitrogen and oxygen atoms in total. The number of ether oxygens (including phenoxy) is 1. The molecule has 1 aromatic rings. The van der Waals surface area contributed by atoms with Crippen LogP contribution in [0.5, 0.6) is 5.75 Å². The first-order chi connectivity index (χ1) is 27.8. The molecule has 6 aliphatic carbocycles. The van der Waals surface area contributed by atoms with Crippen LogP contribution in [0.2, 0.25) is 0 Å². The van der Waals surface area contributed by atoms with E-state index in [9.17, 15) is 18.3 Å². The van der Waals surface area contributed by atoms with E-state index in [0.29, 0.717) is 48.2 Å². The van der Waals surface area contributed by atoms with E-state index in [4.69, 9.17) is 4.74 Å². The van der Waals surface area contributed by atoms with E-state index in [-0.39, 0.29) is 39.1 Å².